The molecule has 2 heterocycles. The summed E-state index contributed by atoms with van der Waals surface area (Å²) in [5.74, 6) is 0.721. The van der Waals surface area contributed by atoms with Gasteiger partial charge < -0.3 is 0 Å². The standard InChI is InChI=1S/C16H15ClN2S/c1-3-4-11-5-6-13-12(9-11)15(17)19-16(18-13)14-10(2)7-8-20-14/h5-9H,3-4H2,1-2H3. The normalized spacial score (nSPS) is 11.2. The van der Waals surface area contributed by atoms with Crippen LogP contribution in [0.1, 0.15) is 24.5 Å². The molecule has 0 aliphatic carbocycles. The number of aryl methyl sites for hydroxylation is 2. The van der Waals surface area contributed by atoms with E-state index >= 15 is 0 Å². The summed E-state index contributed by atoms with van der Waals surface area (Å²) in [7, 11) is 0. The summed E-state index contributed by atoms with van der Waals surface area (Å²) in [6, 6.07) is 8.35. The van der Waals surface area contributed by atoms with Crippen molar-refractivity contribution in [3.8, 4) is 10.7 Å². The van der Waals surface area contributed by atoms with Gasteiger partial charge in [0.25, 0.3) is 0 Å². The first-order valence-corrected chi connectivity index (χ1v) is 7.95. The third-order valence-corrected chi connectivity index (χ3v) is 4.62. The van der Waals surface area contributed by atoms with Crippen molar-refractivity contribution in [1.29, 1.82) is 0 Å². The molecule has 2 nitrogen and oxygen atoms in total. The fraction of sp³-hybridized carbons (Fsp3) is 0.250. The molecule has 0 radical (unpaired) electrons. The van der Waals surface area contributed by atoms with Crippen LogP contribution < -0.4 is 0 Å². The van der Waals surface area contributed by atoms with Crippen LogP contribution in [-0.2, 0) is 6.42 Å². The monoisotopic (exact) mass is 302 g/mol. The van der Waals surface area contributed by atoms with E-state index < -0.39 is 0 Å². The molecule has 0 aliphatic rings. The molecule has 4 heteroatoms. The molecule has 0 N–H and O–H groups in total. The summed E-state index contributed by atoms with van der Waals surface area (Å²) in [6.07, 6.45) is 2.18. The van der Waals surface area contributed by atoms with E-state index in [1.165, 1.54) is 11.1 Å². The smallest absolute Gasteiger partial charge is 0.171 e. The molecule has 0 saturated heterocycles. The van der Waals surface area contributed by atoms with Crippen molar-refractivity contribution in [2.75, 3.05) is 0 Å². The number of hydrogen-bond acceptors (Lipinski definition) is 3. The van der Waals surface area contributed by atoms with Gasteiger partial charge in [0.15, 0.2) is 5.82 Å². The maximum Gasteiger partial charge on any atom is 0.171 e. The van der Waals surface area contributed by atoms with Crippen molar-refractivity contribution >= 4 is 33.8 Å². The van der Waals surface area contributed by atoms with Crippen molar-refractivity contribution in [3.05, 3.63) is 45.9 Å². The number of benzene rings is 1. The van der Waals surface area contributed by atoms with Gasteiger partial charge in [-0.1, -0.05) is 31.0 Å². The van der Waals surface area contributed by atoms with Gasteiger partial charge in [-0.3, -0.25) is 0 Å². The summed E-state index contributed by atoms with van der Waals surface area (Å²) in [6.45, 7) is 4.24. The van der Waals surface area contributed by atoms with Crippen LogP contribution in [0.3, 0.4) is 0 Å². The Kier molecular flexibility index (Phi) is 3.72. The molecular weight excluding hydrogens is 288 g/mol. The predicted octanol–water partition coefficient (Wildman–Crippen LogP) is 5.27. The second-order valence-corrected chi connectivity index (χ2v) is 6.15. The molecule has 0 unspecified atom stereocenters. The molecule has 20 heavy (non-hydrogen) atoms. The van der Waals surface area contributed by atoms with Crippen molar-refractivity contribution in [2.45, 2.75) is 26.7 Å². The number of thiophene rings is 1. The molecule has 0 aliphatic heterocycles. The largest absolute Gasteiger partial charge is 0.227 e. The average Bonchev–Trinajstić information content (AvgIpc) is 2.86. The zero-order chi connectivity index (χ0) is 14.1. The molecule has 0 atom stereocenters. The van der Waals surface area contributed by atoms with Crippen LogP contribution in [0.4, 0.5) is 0 Å². The minimum atomic E-state index is 0.538. The van der Waals surface area contributed by atoms with Crippen molar-refractivity contribution < 1.29 is 0 Å². The Morgan fingerprint density at radius 1 is 1.20 bits per heavy atom. The first-order valence-electron chi connectivity index (χ1n) is 6.69. The maximum atomic E-state index is 6.36. The highest BCUT2D eigenvalue weighted by molar-refractivity contribution is 7.13. The van der Waals surface area contributed by atoms with E-state index in [1.54, 1.807) is 11.3 Å². The molecule has 1 aromatic carbocycles. The lowest BCUT2D eigenvalue weighted by molar-refractivity contribution is 0.923. The Morgan fingerprint density at radius 2 is 2.05 bits per heavy atom. The van der Waals surface area contributed by atoms with Crippen LogP contribution in [0.5, 0.6) is 0 Å². The van der Waals surface area contributed by atoms with Crippen LogP contribution in [0.15, 0.2) is 29.6 Å². The fourth-order valence-corrected chi connectivity index (χ4v) is 3.38. The lowest BCUT2D eigenvalue weighted by atomic mass is 10.1. The van der Waals surface area contributed by atoms with E-state index in [4.69, 9.17) is 11.6 Å². The van der Waals surface area contributed by atoms with Crippen LogP contribution >= 0.6 is 22.9 Å². The van der Waals surface area contributed by atoms with Crippen molar-refractivity contribution in [2.24, 2.45) is 0 Å². The summed E-state index contributed by atoms with van der Waals surface area (Å²) < 4.78 is 0. The summed E-state index contributed by atoms with van der Waals surface area (Å²) in [4.78, 5) is 10.2. The van der Waals surface area contributed by atoms with E-state index in [1.807, 2.05) is 6.07 Å². The lowest BCUT2D eigenvalue weighted by Gasteiger charge is -2.06. The Balaban J connectivity index is 2.15. The SMILES string of the molecule is CCCc1ccc2nc(-c3sccc3C)nc(Cl)c2c1. The van der Waals surface area contributed by atoms with Gasteiger partial charge in [0.05, 0.1) is 10.4 Å². The van der Waals surface area contributed by atoms with Crippen LogP contribution in [-0.4, -0.2) is 9.97 Å². The van der Waals surface area contributed by atoms with E-state index in [0.29, 0.717) is 5.15 Å². The zero-order valence-electron chi connectivity index (χ0n) is 11.5. The van der Waals surface area contributed by atoms with Crippen molar-refractivity contribution in [3.63, 3.8) is 0 Å². The number of aromatic nitrogens is 2. The molecule has 102 valence electrons. The molecule has 0 amide bonds. The van der Waals surface area contributed by atoms with Crippen LogP contribution in [0, 0.1) is 6.92 Å². The molecule has 2 aromatic heterocycles. The number of rotatable bonds is 3. The third kappa shape index (κ3) is 2.43. The van der Waals surface area contributed by atoms with Crippen molar-refractivity contribution in [1.82, 2.24) is 9.97 Å². The second kappa shape index (κ2) is 5.51. The first-order chi connectivity index (χ1) is 9.69. The van der Waals surface area contributed by atoms with Gasteiger partial charge in [0, 0.05) is 5.39 Å². The topological polar surface area (TPSA) is 25.8 Å². The molecule has 3 aromatic rings. The molecule has 0 fully saturated rings. The van der Waals surface area contributed by atoms with E-state index in [9.17, 15) is 0 Å². The number of hydrogen-bond donors (Lipinski definition) is 0. The number of fused-ring (bicyclic) bond motifs is 1. The lowest BCUT2D eigenvalue weighted by Crippen LogP contribution is -1.93. The summed E-state index contributed by atoms with van der Waals surface area (Å²) >= 11 is 8.00. The van der Waals surface area contributed by atoms with E-state index in [-0.39, 0.29) is 0 Å². The van der Waals surface area contributed by atoms with Gasteiger partial charge in [-0.15, -0.1) is 11.3 Å². The van der Waals surface area contributed by atoms with Crippen LogP contribution in [0.25, 0.3) is 21.6 Å². The Hall–Kier alpha value is -1.45. The van der Waals surface area contributed by atoms with Gasteiger partial charge in [-0.2, -0.15) is 0 Å². The predicted molar refractivity (Wildman–Crippen MR) is 86.6 cm³/mol. The quantitative estimate of drug-likeness (QED) is 0.616. The second-order valence-electron chi connectivity index (χ2n) is 4.87. The molecule has 0 spiro atoms. The highest BCUT2D eigenvalue weighted by Crippen LogP contribution is 2.30. The molecule has 3 rings (SSSR count). The van der Waals surface area contributed by atoms with E-state index in [2.05, 4.69) is 47.4 Å². The summed E-state index contributed by atoms with van der Waals surface area (Å²) in [5.41, 5.74) is 3.38. The maximum absolute atomic E-state index is 6.36. The average molecular weight is 303 g/mol. The highest BCUT2D eigenvalue weighted by atomic mass is 35.5. The summed E-state index contributed by atoms with van der Waals surface area (Å²) in [5, 5.41) is 3.53. The number of nitrogens with zero attached hydrogens (tertiary/aromatic N) is 2. The van der Waals surface area contributed by atoms with Gasteiger partial charge in [0.1, 0.15) is 5.15 Å². The van der Waals surface area contributed by atoms with Gasteiger partial charge in [-0.25, -0.2) is 9.97 Å². The third-order valence-electron chi connectivity index (χ3n) is 3.32. The zero-order valence-corrected chi connectivity index (χ0v) is 13.1. The first kappa shape index (κ1) is 13.5. The Bertz CT molecular complexity index is 764. The minimum Gasteiger partial charge on any atom is -0.227 e. The molecular formula is C16H15ClN2S. The molecule has 0 bridgehead atoms. The fourth-order valence-electron chi connectivity index (χ4n) is 2.29. The van der Waals surface area contributed by atoms with E-state index in [0.717, 1.165) is 34.4 Å². The molecule has 0 saturated carbocycles. The van der Waals surface area contributed by atoms with Gasteiger partial charge in [-0.05, 0) is 48.1 Å². The Morgan fingerprint density at radius 3 is 2.75 bits per heavy atom. The van der Waals surface area contributed by atoms with Gasteiger partial charge >= 0.3 is 0 Å². The number of halogens is 1. The van der Waals surface area contributed by atoms with Crippen LogP contribution in [0.2, 0.25) is 5.15 Å². The minimum absolute atomic E-state index is 0.538. The Labute approximate surface area is 127 Å². The highest BCUT2D eigenvalue weighted by Gasteiger charge is 2.11. The van der Waals surface area contributed by atoms with Gasteiger partial charge in [0.2, 0.25) is 0 Å².